The van der Waals surface area contributed by atoms with Gasteiger partial charge in [0.1, 0.15) is 5.67 Å². The number of alkyl halides is 1. The predicted octanol–water partition coefficient (Wildman–Crippen LogP) is 2.82. The van der Waals surface area contributed by atoms with E-state index in [4.69, 9.17) is 5.73 Å². The second-order valence-electron chi connectivity index (χ2n) is 5.28. The zero-order valence-corrected chi connectivity index (χ0v) is 10.6. The molecule has 1 aromatic heterocycles. The van der Waals surface area contributed by atoms with Gasteiger partial charge in [-0.1, -0.05) is 19.9 Å². The van der Waals surface area contributed by atoms with Crippen LogP contribution in [-0.2, 0) is 6.42 Å². The summed E-state index contributed by atoms with van der Waals surface area (Å²) >= 11 is 0. The third-order valence-corrected chi connectivity index (χ3v) is 4.05. The Labute approximate surface area is 102 Å². The van der Waals surface area contributed by atoms with Crippen LogP contribution in [0.3, 0.4) is 0 Å². The topological polar surface area (TPSA) is 38.9 Å². The number of hydrogen-bond acceptors (Lipinski definition) is 2. The summed E-state index contributed by atoms with van der Waals surface area (Å²) in [6, 6.07) is 3.99. The van der Waals surface area contributed by atoms with Gasteiger partial charge in [0.2, 0.25) is 0 Å². The van der Waals surface area contributed by atoms with Crippen molar-refractivity contribution in [1.29, 1.82) is 0 Å². The molecule has 1 aromatic rings. The van der Waals surface area contributed by atoms with Crippen LogP contribution in [0.5, 0.6) is 0 Å². The SMILES string of the molecule is CC(C)C(F)(CN)C1CCCc2cccnc21. The van der Waals surface area contributed by atoms with E-state index in [2.05, 4.69) is 11.1 Å². The average molecular weight is 236 g/mol. The van der Waals surface area contributed by atoms with Gasteiger partial charge in [0.05, 0.1) is 0 Å². The highest BCUT2D eigenvalue weighted by atomic mass is 19.1. The number of fused-ring (bicyclic) bond motifs is 1. The molecule has 0 spiro atoms. The van der Waals surface area contributed by atoms with Crippen LogP contribution >= 0.6 is 0 Å². The molecule has 0 radical (unpaired) electrons. The first-order valence-electron chi connectivity index (χ1n) is 6.42. The number of aromatic nitrogens is 1. The molecule has 0 bridgehead atoms. The Kier molecular flexibility index (Phi) is 3.48. The Bertz CT molecular complexity index is 392. The molecule has 1 aliphatic carbocycles. The van der Waals surface area contributed by atoms with Gasteiger partial charge in [0, 0.05) is 24.4 Å². The lowest BCUT2D eigenvalue weighted by Gasteiger charge is -2.38. The van der Waals surface area contributed by atoms with Crippen LogP contribution in [-0.4, -0.2) is 17.2 Å². The van der Waals surface area contributed by atoms with Gasteiger partial charge >= 0.3 is 0 Å². The fraction of sp³-hybridized carbons (Fsp3) is 0.643. The molecule has 0 saturated carbocycles. The van der Waals surface area contributed by atoms with E-state index in [9.17, 15) is 0 Å². The Morgan fingerprint density at radius 2 is 2.35 bits per heavy atom. The number of nitrogens with zero attached hydrogens (tertiary/aromatic N) is 1. The fourth-order valence-electron chi connectivity index (χ4n) is 2.86. The minimum atomic E-state index is -1.33. The van der Waals surface area contributed by atoms with E-state index < -0.39 is 5.67 Å². The number of halogens is 1. The minimum absolute atomic E-state index is 0.0747. The van der Waals surface area contributed by atoms with Crippen LogP contribution < -0.4 is 5.73 Å². The molecule has 2 rings (SSSR count). The number of nitrogens with two attached hydrogens (primary N) is 1. The Balaban J connectivity index is 2.41. The summed E-state index contributed by atoms with van der Waals surface area (Å²) in [4.78, 5) is 4.40. The van der Waals surface area contributed by atoms with Crippen LogP contribution in [0, 0.1) is 5.92 Å². The van der Waals surface area contributed by atoms with Crippen LogP contribution in [0.4, 0.5) is 4.39 Å². The van der Waals surface area contributed by atoms with Crippen molar-refractivity contribution >= 4 is 0 Å². The van der Waals surface area contributed by atoms with Crippen molar-refractivity contribution in [2.75, 3.05) is 6.54 Å². The van der Waals surface area contributed by atoms with Crippen molar-refractivity contribution < 1.29 is 4.39 Å². The lowest BCUT2D eigenvalue weighted by atomic mass is 9.72. The van der Waals surface area contributed by atoms with Crippen molar-refractivity contribution in [2.24, 2.45) is 11.7 Å². The lowest BCUT2D eigenvalue weighted by molar-refractivity contribution is 0.0656. The average Bonchev–Trinajstić information content (AvgIpc) is 2.37. The molecule has 1 heterocycles. The molecule has 94 valence electrons. The van der Waals surface area contributed by atoms with Gasteiger partial charge < -0.3 is 5.73 Å². The standard InChI is InChI=1S/C14H21FN2/c1-10(2)14(15,9-16)12-7-3-5-11-6-4-8-17-13(11)12/h4,6,8,10,12H,3,5,7,9,16H2,1-2H3. The predicted molar refractivity (Wildman–Crippen MR) is 67.6 cm³/mol. The molecule has 1 aliphatic rings. The molecular weight excluding hydrogens is 215 g/mol. The zero-order chi connectivity index (χ0) is 12.5. The highest BCUT2D eigenvalue weighted by molar-refractivity contribution is 5.29. The number of hydrogen-bond donors (Lipinski definition) is 1. The van der Waals surface area contributed by atoms with Crippen LogP contribution in [0.2, 0.25) is 0 Å². The maximum atomic E-state index is 15.0. The Morgan fingerprint density at radius 3 is 3.00 bits per heavy atom. The molecule has 0 aromatic carbocycles. The van der Waals surface area contributed by atoms with Gasteiger partial charge in [0.25, 0.3) is 0 Å². The summed E-state index contributed by atoms with van der Waals surface area (Å²) in [6.45, 7) is 3.89. The van der Waals surface area contributed by atoms with E-state index in [1.54, 1.807) is 6.20 Å². The minimum Gasteiger partial charge on any atom is -0.327 e. The molecule has 17 heavy (non-hydrogen) atoms. The van der Waals surface area contributed by atoms with Gasteiger partial charge in [-0.05, 0) is 36.8 Å². The van der Waals surface area contributed by atoms with Crippen molar-refractivity contribution in [3.8, 4) is 0 Å². The summed E-state index contributed by atoms with van der Waals surface area (Å²) in [5.74, 6) is -0.220. The molecule has 0 saturated heterocycles. The maximum absolute atomic E-state index is 15.0. The summed E-state index contributed by atoms with van der Waals surface area (Å²) < 4.78 is 15.0. The Hall–Kier alpha value is -0.960. The summed E-state index contributed by atoms with van der Waals surface area (Å²) in [7, 11) is 0. The molecule has 2 nitrogen and oxygen atoms in total. The van der Waals surface area contributed by atoms with E-state index in [-0.39, 0.29) is 18.4 Å². The van der Waals surface area contributed by atoms with Gasteiger partial charge in [-0.3, -0.25) is 4.98 Å². The summed E-state index contributed by atoms with van der Waals surface area (Å²) in [5.41, 5.74) is 6.49. The highest BCUT2D eigenvalue weighted by Crippen LogP contribution is 2.43. The largest absolute Gasteiger partial charge is 0.327 e. The molecule has 2 N–H and O–H groups in total. The van der Waals surface area contributed by atoms with Crippen LogP contribution in [0.15, 0.2) is 18.3 Å². The molecule has 2 unspecified atom stereocenters. The Morgan fingerprint density at radius 1 is 1.59 bits per heavy atom. The van der Waals surface area contributed by atoms with E-state index in [1.165, 1.54) is 5.56 Å². The third-order valence-electron chi connectivity index (χ3n) is 4.05. The van der Waals surface area contributed by atoms with E-state index in [0.717, 1.165) is 25.0 Å². The second kappa shape index (κ2) is 4.73. The van der Waals surface area contributed by atoms with Gasteiger partial charge in [0.15, 0.2) is 0 Å². The van der Waals surface area contributed by atoms with E-state index >= 15 is 4.39 Å². The first-order valence-corrected chi connectivity index (χ1v) is 6.42. The van der Waals surface area contributed by atoms with Crippen molar-refractivity contribution in [2.45, 2.75) is 44.7 Å². The number of aryl methyl sites for hydroxylation is 1. The van der Waals surface area contributed by atoms with Crippen molar-refractivity contribution in [1.82, 2.24) is 4.98 Å². The monoisotopic (exact) mass is 236 g/mol. The van der Waals surface area contributed by atoms with Gasteiger partial charge in [-0.25, -0.2) is 4.39 Å². The smallest absolute Gasteiger partial charge is 0.133 e. The molecule has 0 aliphatic heterocycles. The zero-order valence-electron chi connectivity index (χ0n) is 10.6. The molecule has 3 heteroatoms. The maximum Gasteiger partial charge on any atom is 0.133 e. The first kappa shape index (κ1) is 12.5. The molecule has 0 fully saturated rings. The lowest BCUT2D eigenvalue weighted by Crippen LogP contribution is -2.45. The summed E-state index contributed by atoms with van der Waals surface area (Å²) in [6.07, 6.45) is 4.66. The van der Waals surface area contributed by atoms with Gasteiger partial charge in [-0.2, -0.15) is 0 Å². The number of rotatable bonds is 3. The summed E-state index contributed by atoms with van der Waals surface area (Å²) in [5, 5.41) is 0. The van der Waals surface area contributed by atoms with E-state index in [1.807, 2.05) is 19.9 Å². The molecular formula is C14H21FN2. The van der Waals surface area contributed by atoms with Crippen molar-refractivity contribution in [3.05, 3.63) is 29.6 Å². The normalized spacial score (nSPS) is 23.2. The third kappa shape index (κ3) is 2.08. The quantitative estimate of drug-likeness (QED) is 0.876. The van der Waals surface area contributed by atoms with Crippen molar-refractivity contribution in [3.63, 3.8) is 0 Å². The van der Waals surface area contributed by atoms with Crippen LogP contribution in [0.25, 0.3) is 0 Å². The first-order chi connectivity index (χ1) is 8.09. The molecule has 0 amide bonds. The van der Waals surface area contributed by atoms with Gasteiger partial charge in [-0.15, -0.1) is 0 Å². The molecule has 2 atom stereocenters. The fourth-order valence-corrected chi connectivity index (χ4v) is 2.86. The van der Waals surface area contributed by atoms with Crippen LogP contribution in [0.1, 0.15) is 43.9 Å². The highest BCUT2D eigenvalue weighted by Gasteiger charge is 2.44. The van der Waals surface area contributed by atoms with E-state index in [0.29, 0.717) is 0 Å². The second-order valence-corrected chi connectivity index (χ2v) is 5.28. The number of pyridine rings is 1.